The first-order valence-corrected chi connectivity index (χ1v) is 6.82. The Morgan fingerprint density at radius 1 is 0.667 bits per heavy atom. The van der Waals surface area contributed by atoms with Crippen molar-refractivity contribution in [3.05, 3.63) is 48.5 Å². The van der Waals surface area contributed by atoms with Crippen molar-refractivity contribution < 1.29 is 9.59 Å². The molecule has 0 aliphatic heterocycles. The maximum Gasteiger partial charge on any atom is 0.238 e. The first-order chi connectivity index (χ1) is 10.6. The van der Waals surface area contributed by atoms with E-state index in [0.717, 1.165) is 11.1 Å². The highest BCUT2D eigenvalue weighted by molar-refractivity contribution is 5.93. The van der Waals surface area contributed by atoms with Gasteiger partial charge in [0.2, 0.25) is 11.8 Å². The number of hydrogen-bond donors (Lipinski definition) is 4. The van der Waals surface area contributed by atoms with Gasteiger partial charge in [-0.2, -0.15) is 0 Å². The molecule has 6 N–H and O–H groups in total. The Kier molecular flexibility index (Phi) is 9.68. The fourth-order valence-electron chi connectivity index (χ4n) is 1.92. The fraction of sp³-hybridized carbons (Fsp3) is 0.125. The molecule has 6 nitrogen and oxygen atoms in total. The van der Waals surface area contributed by atoms with Gasteiger partial charge in [0.15, 0.2) is 0 Å². The van der Waals surface area contributed by atoms with Crippen LogP contribution in [0.25, 0.3) is 11.1 Å². The molecule has 24 heavy (non-hydrogen) atoms. The van der Waals surface area contributed by atoms with E-state index < -0.39 is 0 Å². The highest BCUT2D eigenvalue weighted by Gasteiger charge is 2.02. The lowest BCUT2D eigenvalue weighted by Crippen LogP contribution is -2.21. The van der Waals surface area contributed by atoms with Gasteiger partial charge in [-0.3, -0.25) is 9.59 Å². The normalized spacial score (nSPS) is 9.25. The van der Waals surface area contributed by atoms with Gasteiger partial charge in [-0.1, -0.05) is 24.3 Å². The van der Waals surface area contributed by atoms with Crippen LogP contribution >= 0.6 is 24.8 Å². The summed E-state index contributed by atoms with van der Waals surface area (Å²) in [5, 5.41) is 5.37. The van der Waals surface area contributed by atoms with Crippen molar-refractivity contribution in [1.82, 2.24) is 0 Å². The summed E-state index contributed by atoms with van der Waals surface area (Å²) < 4.78 is 0. The van der Waals surface area contributed by atoms with Gasteiger partial charge in [-0.25, -0.2) is 0 Å². The third kappa shape index (κ3) is 6.17. The van der Waals surface area contributed by atoms with E-state index in [0.29, 0.717) is 11.4 Å². The van der Waals surface area contributed by atoms with E-state index in [9.17, 15) is 9.59 Å². The number of anilines is 2. The third-order valence-electron chi connectivity index (χ3n) is 3.04. The fourth-order valence-corrected chi connectivity index (χ4v) is 1.92. The summed E-state index contributed by atoms with van der Waals surface area (Å²) in [6.07, 6.45) is 0. The molecule has 2 rings (SSSR count). The Bertz CT molecular complexity index is 601. The van der Waals surface area contributed by atoms with E-state index in [1.165, 1.54) is 0 Å². The van der Waals surface area contributed by atoms with E-state index in [4.69, 9.17) is 11.5 Å². The summed E-state index contributed by atoms with van der Waals surface area (Å²) in [6.45, 7) is -0.0878. The maximum absolute atomic E-state index is 11.2. The van der Waals surface area contributed by atoms with Gasteiger partial charge >= 0.3 is 0 Å². The van der Waals surface area contributed by atoms with Crippen molar-refractivity contribution in [3.63, 3.8) is 0 Å². The quantitative estimate of drug-likeness (QED) is 0.644. The number of rotatable bonds is 5. The molecule has 130 valence electrons. The molecule has 0 atom stereocenters. The minimum Gasteiger partial charge on any atom is -0.325 e. The second kappa shape index (κ2) is 10.6. The van der Waals surface area contributed by atoms with E-state index in [-0.39, 0.29) is 49.7 Å². The highest BCUT2D eigenvalue weighted by atomic mass is 35.5. The van der Waals surface area contributed by atoms with E-state index >= 15 is 0 Å². The topological polar surface area (TPSA) is 110 Å². The van der Waals surface area contributed by atoms with Gasteiger partial charge in [0.25, 0.3) is 0 Å². The molecular formula is C16H20Cl2N4O2. The van der Waals surface area contributed by atoms with Gasteiger partial charge in [-0.05, 0) is 35.4 Å². The first-order valence-electron chi connectivity index (χ1n) is 6.82. The number of nitrogens with one attached hydrogen (secondary N) is 2. The van der Waals surface area contributed by atoms with Crippen molar-refractivity contribution in [3.8, 4) is 11.1 Å². The van der Waals surface area contributed by atoms with Gasteiger partial charge in [0, 0.05) is 11.4 Å². The van der Waals surface area contributed by atoms with Crippen LogP contribution in [0.2, 0.25) is 0 Å². The molecule has 2 aromatic rings. The zero-order valence-electron chi connectivity index (χ0n) is 12.8. The van der Waals surface area contributed by atoms with Crippen LogP contribution in [0.1, 0.15) is 0 Å². The molecule has 8 heteroatoms. The average molecular weight is 371 g/mol. The van der Waals surface area contributed by atoms with Crippen LogP contribution in [0, 0.1) is 0 Å². The Hall–Kier alpha value is -2.12. The van der Waals surface area contributed by atoms with Crippen LogP contribution in [-0.4, -0.2) is 24.9 Å². The number of amides is 2. The van der Waals surface area contributed by atoms with Crippen LogP contribution in [0.3, 0.4) is 0 Å². The van der Waals surface area contributed by atoms with Crippen LogP contribution < -0.4 is 22.1 Å². The van der Waals surface area contributed by atoms with Crippen molar-refractivity contribution in [1.29, 1.82) is 0 Å². The minimum atomic E-state index is -0.229. The van der Waals surface area contributed by atoms with Gasteiger partial charge in [0.1, 0.15) is 0 Å². The summed E-state index contributed by atoms with van der Waals surface area (Å²) in [7, 11) is 0. The second-order valence-corrected chi connectivity index (χ2v) is 4.66. The van der Waals surface area contributed by atoms with E-state index in [1.807, 2.05) is 48.5 Å². The number of carbonyl (C=O) groups excluding carboxylic acids is 2. The Balaban J connectivity index is 0.00000264. The zero-order chi connectivity index (χ0) is 15.9. The summed E-state index contributed by atoms with van der Waals surface area (Å²) >= 11 is 0. The van der Waals surface area contributed by atoms with E-state index in [2.05, 4.69) is 10.6 Å². The summed E-state index contributed by atoms with van der Waals surface area (Å²) in [6, 6.07) is 14.9. The standard InChI is InChI=1S/C16H18N4O2.2ClH/c17-9-15(21)19-13-5-1-11(2-6-13)12-3-7-14(8-4-12)20-16(22)10-18;;/h1-8H,9-10,17-18H2,(H,19,21)(H,20,22);2*1H. The second-order valence-electron chi connectivity index (χ2n) is 4.66. The molecule has 0 aliphatic rings. The van der Waals surface area contributed by atoms with Crippen molar-refractivity contribution >= 4 is 48.0 Å². The van der Waals surface area contributed by atoms with Crippen molar-refractivity contribution in [2.75, 3.05) is 23.7 Å². The lowest BCUT2D eigenvalue weighted by atomic mass is 10.0. The molecular weight excluding hydrogens is 351 g/mol. The smallest absolute Gasteiger partial charge is 0.238 e. The largest absolute Gasteiger partial charge is 0.325 e. The van der Waals surface area contributed by atoms with Gasteiger partial charge < -0.3 is 22.1 Å². The maximum atomic E-state index is 11.2. The molecule has 0 heterocycles. The molecule has 2 aromatic carbocycles. The molecule has 0 radical (unpaired) electrons. The number of benzene rings is 2. The minimum absolute atomic E-state index is 0. The Morgan fingerprint density at radius 3 is 1.21 bits per heavy atom. The number of hydrogen-bond acceptors (Lipinski definition) is 4. The number of halogens is 2. The molecule has 0 spiro atoms. The predicted octanol–water partition coefficient (Wildman–Crippen LogP) is 1.99. The summed E-state index contributed by atoms with van der Waals surface area (Å²) in [5.41, 5.74) is 13.9. The van der Waals surface area contributed by atoms with Crippen LogP contribution in [0.15, 0.2) is 48.5 Å². The number of carbonyl (C=O) groups is 2. The SMILES string of the molecule is Cl.Cl.NCC(=O)Nc1ccc(-c2ccc(NC(=O)CN)cc2)cc1. The molecule has 0 saturated carbocycles. The van der Waals surface area contributed by atoms with Crippen LogP contribution in [-0.2, 0) is 9.59 Å². The Morgan fingerprint density at radius 2 is 0.958 bits per heavy atom. The summed E-state index contributed by atoms with van der Waals surface area (Å²) in [4.78, 5) is 22.4. The molecule has 0 fully saturated rings. The lowest BCUT2D eigenvalue weighted by molar-refractivity contribution is -0.115. The lowest BCUT2D eigenvalue weighted by Gasteiger charge is -2.07. The van der Waals surface area contributed by atoms with Crippen LogP contribution in [0.4, 0.5) is 11.4 Å². The third-order valence-corrected chi connectivity index (χ3v) is 3.04. The average Bonchev–Trinajstić information content (AvgIpc) is 2.56. The molecule has 2 amide bonds. The molecule has 0 aromatic heterocycles. The van der Waals surface area contributed by atoms with Crippen LogP contribution in [0.5, 0.6) is 0 Å². The van der Waals surface area contributed by atoms with Crippen molar-refractivity contribution in [2.24, 2.45) is 11.5 Å². The summed E-state index contributed by atoms with van der Waals surface area (Å²) in [5.74, 6) is -0.458. The molecule has 0 bridgehead atoms. The van der Waals surface area contributed by atoms with E-state index in [1.54, 1.807) is 0 Å². The highest BCUT2D eigenvalue weighted by Crippen LogP contribution is 2.23. The first kappa shape index (κ1) is 21.9. The monoisotopic (exact) mass is 370 g/mol. The Labute approximate surface area is 152 Å². The number of nitrogens with two attached hydrogens (primary N) is 2. The van der Waals surface area contributed by atoms with Gasteiger partial charge in [-0.15, -0.1) is 24.8 Å². The molecule has 0 saturated heterocycles. The zero-order valence-corrected chi connectivity index (χ0v) is 14.5. The molecule has 0 unspecified atom stereocenters. The van der Waals surface area contributed by atoms with Crippen molar-refractivity contribution in [2.45, 2.75) is 0 Å². The van der Waals surface area contributed by atoms with Gasteiger partial charge in [0.05, 0.1) is 13.1 Å². The molecule has 0 aliphatic carbocycles. The predicted molar refractivity (Wildman–Crippen MR) is 102 cm³/mol.